The Labute approximate surface area is 274 Å². The Kier molecular flexibility index (Phi) is 2.70. The molecular weight excluding hydrogens is 520 g/mol. The van der Waals surface area contributed by atoms with Crippen LogP contribution in [-0.4, -0.2) is 0 Å². The van der Waals surface area contributed by atoms with Gasteiger partial charge in [-0.15, -0.1) is 0 Å². The molecule has 0 amide bonds. The summed E-state index contributed by atoms with van der Waals surface area (Å²) in [4.78, 5) is 0. The molecule has 200 valence electrons. The standard InChI is InChI=1S/C42H26O/c1-2-12-28(13-3-1)32-19-10-20-38-42(32)37-24-23-31(26-39(37)43-38)41-35-17-8-6-15-33(35)40(34-16-7-9-18-36(34)41)30-22-21-27-11-4-5-14-29(27)25-30/h1-26H/i1D,2D,3D,4D,5D,10D,11D,12D,13D,14D,19D,20D,21D,22D,23D,24D,25D,26D. The monoisotopic (exact) mass is 564 g/mol. The molecule has 1 heteroatoms. The van der Waals surface area contributed by atoms with Gasteiger partial charge in [-0.3, -0.25) is 0 Å². The first-order chi connectivity index (χ1) is 28.8. The Bertz CT molecular complexity index is 3430. The van der Waals surface area contributed by atoms with E-state index in [0.717, 1.165) is 0 Å². The lowest BCUT2D eigenvalue weighted by molar-refractivity contribution is 0.669. The summed E-state index contributed by atoms with van der Waals surface area (Å²) in [5.74, 6) is 0. The zero-order valence-electron chi connectivity index (χ0n) is 40.0. The van der Waals surface area contributed by atoms with E-state index in [1.807, 2.05) is 0 Å². The summed E-state index contributed by atoms with van der Waals surface area (Å²) in [6.07, 6.45) is 0. The Morgan fingerprint density at radius 3 is 1.72 bits per heavy atom. The highest BCUT2D eigenvalue weighted by atomic mass is 16.3. The molecule has 0 radical (unpaired) electrons. The van der Waals surface area contributed by atoms with E-state index in [0.29, 0.717) is 21.5 Å². The van der Waals surface area contributed by atoms with E-state index in [1.165, 1.54) is 0 Å². The average molecular weight is 565 g/mol. The topological polar surface area (TPSA) is 13.1 Å². The molecule has 9 aromatic rings. The zero-order valence-corrected chi connectivity index (χ0v) is 22.0. The van der Waals surface area contributed by atoms with Gasteiger partial charge >= 0.3 is 0 Å². The van der Waals surface area contributed by atoms with Crippen LogP contribution >= 0.6 is 0 Å². The summed E-state index contributed by atoms with van der Waals surface area (Å²) in [6.45, 7) is 0. The lowest BCUT2D eigenvalue weighted by atomic mass is 9.85. The minimum atomic E-state index is -0.724. The van der Waals surface area contributed by atoms with Gasteiger partial charge in [0.05, 0.1) is 24.7 Å². The van der Waals surface area contributed by atoms with Crippen LogP contribution < -0.4 is 0 Å². The van der Waals surface area contributed by atoms with Gasteiger partial charge in [-0.1, -0.05) is 133 Å². The summed E-state index contributed by atoms with van der Waals surface area (Å²) in [5.41, 5.74) is -1.27. The maximum atomic E-state index is 9.65. The number of benzene rings is 8. The molecule has 0 N–H and O–H groups in total. The van der Waals surface area contributed by atoms with Gasteiger partial charge in [-0.2, -0.15) is 0 Å². The summed E-state index contributed by atoms with van der Waals surface area (Å²) in [5, 5.41) is 0.505. The van der Waals surface area contributed by atoms with Crippen LogP contribution in [0.2, 0.25) is 0 Å². The third-order valence-corrected chi connectivity index (χ3v) is 7.50. The van der Waals surface area contributed by atoms with Crippen LogP contribution in [0.5, 0.6) is 0 Å². The van der Waals surface area contributed by atoms with Crippen molar-refractivity contribution in [2.75, 3.05) is 0 Å². The van der Waals surface area contributed by atoms with E-state index >= 15 is 0 Å². The molecule has 0 aliphatic rings. The molecule has 0 unspecified atom stereocenters. The first-order valence-corrected chi connectivity index (χ1v) is 13.3. The quantitative estimate of drug-likeness (QED) is 0.195. The minimum absolute atomic E-state index is 0.0897. The SMILES string of the molecule is [2H]c1c([2H])c([2H])c(-c2c([2H])c([2H])c([2H])c3oc4c([2H])c(-c5c6ccccc6c(-c6c([2H])c([2H])c7c([2H])c([2H])c([2H])c([2H])c7c6[2H])c6ccccc56)c([2H])c([2H])c4c23)c([2H])c1[2H]. The molecule has 0 atom stereocenters. The number of rotatable bonds is 3. The van der Waals surface area contributed by atoms with Gasteiger partial charge in [-0.05, 0) is 89.9 Å². The van der Waals surface area contributed by atoms with E-state index in [2.05, 4.69) is 0 Å². The van der Waals surface area contributed by atoms with Crippen LogP contribution in [0, 0.1) is 0 Å². The fourth-order valence-corrected chi connectivity index (χ4v) is 5.71. The lowest BCUT2D eigenvalue weighted by Crippen LogP contribution is -1.91. The largest absolute Gasteiger partial charge is 0.456 e. The Morgan fingerprint density at radius 2 is 1.02 bits per heavy atom. The molecule has 0 fully saturated rings. The number of hydrogen-bond donors (Lipinski definition) is 0. The molecule has 0 aliphatic carbocycles. The second kappa shape index (κ2) is 9.44. The third-order valence-electron chi connectivity index (χ3n) is 7.50. The second-order valence-electron chi connectivity index (χ2n) is 9.85. The smallest absolute Gasteiger partial charge is 0.136 e. The fourth-order valence-electron chi connectivity index (χ4n) is 5.71. The lowest BCUT2D eigenvalue weighted by Gasteiger charge is -2.18. The van der Waals surface area contributed by atoms with E-state index in [9.17, 15) is 6.85 Å². The summed E-state index contributed by atoms with van der Waals surface area (Å²) < 4.78 is 164. The van der Waals surface area contributed by atoms with Crippen molar-refractivity contribution >= 4 is 54.3 Å². The van der Waals surface area contributed by atoms with E-state index in [4.69, 9.17) is 22.2 Å². The van der Waals surface area contributed by atoms with Crippen molar-refractivity contribution in [1.82, 2.24) is 0 Å². The molecule has 8 aromatic carbocycles. The van der Waals surface area contributed by atoms with Crippen LogP contribution in [0.1, 0.15) is 24.7 Å². The van der Waals surface area contributed by atoms with Crippen LogP contribution in [-0.2, 0) is 0 Å². The van der Waals surface area contributed by atoms with E-state index in [-0.39, 0.29) is 49.4 Å². The summed E-state index contributed by atoms with van der Waals surface area (Å²) in [6, 6.07) is 2.66. The Hall–Kier alpha value is -5.66. The molecule has 9 rings (SSSR count). The fraction of sp³-hybridized carbons (Fsp3) is 0. The Morgan fingerprint density at radius 1 is 0.419 bits per heavy atom. The summed E-state index contributed by atoms with van der Waals surface area (Å²) in [7, 11) is 0. The molecule has 0 saturated carbocycles. The van der Waals surface area contributed by atoms with Crippen molar-refractivity contribution in [1.29, 1.82) is 0 Å². The van der Waals surface area contributed by atoms with Crippen LogP contribution in [0.4, 0.5) is 0 Å². The van der Waals surface area contributed by atoms with Crippen LogP contribution in [0.25, 0.3) is 87.6 Å². The van der Waals surface area contributed by atoms with Gasteiger partial charge in [-0.25, -0.2) is 0 Å². The van der Waals surface area contributed by atoms with E-state index < -0.39 is 125 Å². The molecule has 0 aliphatic heterocycles. The van der Waals surface area contributed by atoms with Gasteiger partial charge in [0.2, 0.25) is 0 Å². The second-order valence-corrected chi connectivity index (χ2v) is 9.85. The van der Waals surface area contributed by atoms with Crippen molar-refractivity contribution in [3.63, 3.8) is 0 Å². The van der Waals surface area contributed by atoms with Gasteiger partial charge in [0.15, 0.2) is 0 Å². The van der Waals surface area contributed by atoms with Gasteiger partial charge in [0, 0.05) is 10.8 Å². The van der Waals surface area contributed by atoms with Crippen molar-refractivity contribution in [3.8, 4) is 33.4 Å². The highest BCUT2D eigenvalue weighted by molar-refractivity contribution is 6.22. The molecule has 43 heavy (non-hydrogen) atoms. The van der Waals surface area contributed by atoms with Gasteiger partial charge < -0.3 is 4.42 Å². The molecule has 0 bridgehead atoms. The maximum Gasteiger partial charge on any atom is 0.136 e. The van der Waals surface area contributed by atoms with Gasteiger partial charge in [0.25, 0.3) is 0 Å². The number of fused-ring (bicyclic) bond motifs is 6. The number of furan rings is 1. The van der Waals surface area contributed by atoms with Crippen molar-refractivity contribution in [3.05, 3.63) is 157 Å². The first kappa shape index (κ1) is 12.3. The average Bonchev–Trinajstić information content (AvgIpc) is 3.65. The predicted molar refractivity (Wildman–Crippen MR) is 183 cm³/mol. The van der Waals surface area contributed by atoms with Crippen LogP contribution in [0.15, 0.2) is 162 Å². The molecule has 1 nitrogen and oxygen atoms in total. The van der Waals surface area contributed by atoms with Crippen molar-refractivity contribution < 1.29 is 29.1 Å². The Balaban J connectivity index is 1.44. The van der Waals surface area contributed by atoms with E-state index in [1.54, 1.807) is 48.5 Å². The molecule has 0 spiro atoms. The molecule has 1 heterocycles. The molecule has 1 aromatic heterocycles. The third kappa shape index (κ3) is 3.72. The number of hydrogen-bond acceptors (Lipinski definition) is 1. The predicted octanol–water partition coefficient (Wildman–Crippen LogP) is 12.0. The molecule has 0 saturated heterocycles. The highest BCUT2D eigenvalue weighted by Crippen LogP contribution is 2.45. The summed E-state index contributed by atoms with van der Waals surface area (Å²) >= 11 is 0. The maximum absolute atomic E-state index is 9.65. The van der Waals surface area contributed by atoms with Crippen LogP contribution in [0.3, 0.4) is 0 Å². The van der Waals surface area contributed by atoms with Crippen molar-refractivity contribution in [2.45, 2.75) is 0 Å². The van der Waals surface area contributed by atoms with Crippen molar-refractivity contribution in [2.24, 2.45) is 0 Å². The normalized spacial score (nSPS) is 17.6. The molecular formula is C42H26O. The zero-order chi connectivity index (χ0) is 44.0. The minimum Gasteiger partial charge on any atom is -0.456 e. The van der Waals surface area contributed by atoms with Gasteiger partial charge in [0.1, 0.15) is 11.2 Å². The highest BCUT2D eigenvalue weighted by Gasteiger charge is 2.19. The first-order valence-electron chi connectivity index (χ1n) is 22.3.